The lowest BCUT2D eigenvalue weighted by Crippen LogP contribution is -2.33. The number of fused-ring (bicyclic) bond motifs is 3. The molecule has 0 aromatic heterocycles. The van der Waals surface area contributed by atoms with Gasteiger partial charge in [0.1, 0.15) is 12.7 Å². The molecule has 3 N–H and O–H groups in total. The first-order valence-electron chi connectivity index (χ1n) is 14.6. The third-order valence-electron chi connectivity index (χ3n) is 7.45. The summed E-state index contributed by atoms with van der Waals surface area (Å²) < 4.78 is 32.0. The van der Waals surface area contributed by atoms with E-state index in [1.54, 1.807) is 25.1 Å². The number of anilines is 1. The maximum absolute atomic E-state index is 12.7. The molecule has 3 aromatic carbocycles. The number of nitrogens with zero attached hydrogens (tertiary/aromatic N) is 2. The van der Waals surface area contributed by atoms with Crippen LogP contribution in [0.15, 0.2) is 66.7 Å². The van der Waals surface area contributed by atoms with Gasteiger partial charge in [-0.2, -0.15) is 8.42 Å². The number of carbonyl (C=O) groups is 4. The third kappa shape index (κ3) is 9.51. The topological polar surface area (TPSA) is 202 Å². The number of amides is 4. The standard InChI is InChI=1S/C31H30N4O7.CH4O3S/c1-19-16-29(38)34(31(19)39)15-13-27(36)33-21-8-11-24-23-4-2-3-5-25(23)30(26(24)17-21)42-18-28(37)32-14-12-20-6-9-22(10-7-20)35(40)41;1-5(2,3)4/h2-11,17,19,30H,12-16,18H2,1H3,(H,32,37)(H,33,36);1H3,(H,2,3,4). The second kappa shape index (κ2) is 15.1. The summed E-state index contributed by atoms with van der Waals surface area (Å²) in [6.45, 7) is 1.90. The SMILES string of the molecule is CC1CC(=O)N(CCC(=O)Nc2ccc3c(c2)C(OCC(=O)NCCc2ccc([N+](=O)[O-])cc2)c2ccccc2-3)C1=O.CS(=O)(=O)O. The Balaban J connectivity index is 0.000000930. The molecule has 2 aliphatic rings. The lowest BCUT2D eigenvalue weighted by atomic mass is 10.1. The number of hydrogen-bond acceptors (Lipinski definition) is 9. The van der Waals surface area contributed by atoms with Crippen LogP contribution in [0.1, 0.15) is 42.6 Å². The van der Waals surface area contributed by atoms with Gasteiger partial charge in [-0.3, -0.25) is 38.7 Å². The molecule has 47 heavy (non-hydrogen) atoms. The van der Waals surface area contributed by atoms with Crippen LogP contribution in [0, 0.1) is 16.0 Å². The fraction of sp³-hybridized carbons (Fsp3) is 0.312. The number of non-ortho nitro benzene ring substituents is 1. The number of hydrogen-bond donors (Lipinski definition) is 3. The van der Waals surface area contributed by atoms with Gasteiger partial charge in [0.25, 0.3) is 15.8 Å². The van der Waals surface area contributed by atoms with Gasteiger partial charge in [0.05, 0.1) is 11.2 Å². The predicted octanol–water partition coefficient (Wildman–Crippen LogP) is 3.27. The number of likely N-dealkylation sites (tertiary alicyclic amines) is 1. The number of nitro groups is 1. The molecule has 0 saturated carbocycles. The Hall–Kier alpha value is -4.99. The van der Waals surface area contributed by atoms with E-state index in [-0.39, 0.29) is 61.2 Å². The van der Waals surface area contributed by atoms with Crippen LogP contribution < -0.4 is 10.6 Å². The molecule has 0 radical (unpaired) electrons. The monoisotopic (exact) mass is 666 g/mol. The second-order valence-electron chi connectivity index (χ2n) is 11.1. The van der Waals surface area contributed by atoms with Gasteiger partial charge in [-0.15, -0.1) is 0 Å². The van der Waals surface area contributed by atoms with E-state index in [1.165, 1.54) is 12.1 Å². The first-order valence-corrected chi connectivity index (χ1v) is 16.5. The van der Waals surface area contributed by atoms with Crippen molar-refractivity contribution in [3.8, 4) is 11.1 Å². The minimum atomic E-state index is -3.67. The molecule has 1 fully saturated rings. The van der Waals surface area contributed by atoms with Gasteiger partial charge >= 0.3 is 0 Å². The fourth-order valence-corrected chi connectivity index (χ4v) is 5.28. The van der Waals surface area contributed by atoms with Crippen molar-refractivity contribution in [2.24, 2.45) is 5.92 Å². The maximum atomic E-state index is 12.7. The van der Waals surface area contributed by atoms with Crippen LogP contribution in [0.3, 0.4) is 0 Å². The Labute approximate surface area is 271 Å². The number of rotatable bonds is 11. The van der Waals surface area contributed by atoms with E-state index in [0.717, 1.165) is 32.7 Å². The molecule has 0 spiro atoms. The summed E-state index contributed by atoms with van der Waals surface area (Å²) in [6.07, 6.45) is 0.871. The molecule has 14 nitrogen and oxygen atoms in total. The van der Waals surface area contributed by atoms with Gasteiger partial charge in [0, 0.05) is 49.7 Å². The molecule has 2 atom stereocenters. The average Bonchev–Trinajstić information content (AvgIpc) is 3.45. The van der Waals surface area contributed by atoms with E-state index < -0.39 is 21.1 Å². The van der Waals surface area contributed by atoms with Crippen molar-refractivity contribution in [3.05, 3.63) is 93.5 Å². The molecule has 5 rings (SSSR count). The Morgan fingerprint density at radius 2 is 1.68 bits per heavy atom. The van der Waals surface area contributed by atoms with Crippen molar-refractivity contribution in [1.29, 1.82) is 0 Å². The van der Waals surface area contributed by atoms with Crippen molar-refractivity contribution in [2.45, 2.75) is 32.3 Å². The van der Waals surface area contributed by atoms with E-state index in [2.05, 4.69) is 10.6 Å². The van der Waals surface area contributed by atoms with Crippen molar-refractivity contribution < 1.29 is 41.8 Å². The predicted molar refractivity (Wildman–Crippen MR) is 171 cm³/mol. The van der Waals surface area contributed by atoms with Crippen molar-refractivity contribution in [2.75, 3.05) is 31.3 Å². The molecule has 1 aliphatic carbocycles. The highest BCUT2D eigenvalue weighted by Crippen LogP contribution is 2.46. The van der Waals surface area contributed by atoms with Gasteiger partial charge in [-0.05, 0) is 46.4 Å². The normalized spacial score (nSPS) is 16.5. The average molecular weight is 667 g/mol. The smallest absolute Gasteiger partial charge is 0.269 e. The zero-order chi connectivity index (χ0) is 34.3. The van der Waals surface area contributed by atoms with Crippen LogP contribution in [0.2, 0.25) is 0 Å². The van der Waals surface area contributed by atoms with Crippen LogP contribution in [0.4, 0.5) is 11.4 Å². The van der Waals surface area contributed by atoms with Gasteiger partial charge in [-0.25, -0.2) is 0 Å². The minimum Gasteiger partial charge on any atom is -0.359 e. The molecular formula is C32H34N4O10S. The van der Waals surface area contributed by atoms with E-state index >= 15 is 0 Å². The molecule has 1 aliphatic heterocycles. The molecule has 3 aromatic rings. The summed E-state index contributed by atoms with van der Waals surface area (Å²) in [5.41, 5.74) is 5.06. The molecule has 0 bridgehead atoms. The van der Waals surface area contributed by atoms with Crippen LogP contribution in [0.5, 0.6) is 0 Å². The summed E-state index contributed by atoms with van der Waals surface area (Å²) in [5, 5.41) is 16.5. The molecule has 1 heterocycles. The molecule has 248 valence electrons. The zero-order valence-electron chi connectivity index (χ0n) is 25.7. The lowest BCUT2D eigenvalue weighted by Gasteiger charge is -2.16. The van der Waals surface area contributed by atoms with Gasteiger partial charge < -0.3 is 15.4 Å². The Morgan fingerprint density at radius 3 is 2.32 bits per heavy atom. The quantitative estimate of drug-likeness (QED) is 0.118. The highest BCUT2D eigenvalue weighted by Gasteiger charge is 2.35. The van der Waals surface area contributed by atoms with E-state index in [4.69, 9.17) is 9.29 Å². The molecular weight excluding hydrogens is 632 g/mol. The Kier molecular flexibility index (Phi) is 11.2. The number of imide groups is 1. The maximum Gasteiger partial charge on any atom is 0.269 e. The summed E-state index contributed by atoms with van der Waals surface area (Å²) in [4.78, 5) is 60.9. The van der Waals surface area contributed by atoms with E-state index in [1.807, 2.05) is 36.4 Å². The Bertz CT molecular complexity index is 1790. The fourth-order valence-electron chi connectivity index (χ4n) is 5.28. The van der Waals surface area contributed by atoms with E-state index in [9.17, 15) is 37.7 Å². The second-order valence-corrected chi connectivity index (χ2v) is 12.6. The zero-order valence-corrected chi connectivity index (χ0v) is 26.5. The number of ether oxygens (including phenoxy) is 1. The van der Waals surface area contributed by atoms with Crippen molar-refractivity contribution >= 4 is 45.1 Å². The van der Waals surface area contributed by atoms with Crippen molar-refractivity contribution in [1.82, 2.24) is 10.2 Å². The summed E-state index contributed by atoms with van der Waals surface area (Å²) >= 11 is 0. The van der Waals surface area contributed by atoms with Gasteiger partial charge in [0.2, 0.25) is 23.6 Å². The largest absolute Gasteiger partial charge is 0.359 e. The highest BCUT2D eigenvalue weighted by molar-refractivity contribution is 7.85. The van der Waals surface area contributed by atoms with Crippen LogP contribution in [-0.4, -0.2) is 72.4 Å². The molecule has 4 amide bonds. The minimum absolute atomic E-state index is 0.0124. The van der Waals surface area contributed by atoms with Crippen molar-refractivity contribution in [3.63, 3.8) is 0 Å². The van der Waals surface area contributed by atoms with Crippen LogP contribution in [0.25, 0.3) is 11.1 Å². The van der Waals surface area contributed by atoms with Crippen LogP contribution in [-0.2, 0) is 40.5 Å². The van der Waals surface area contributed by atoms with E-state index in [0.29, 0.717) is 24.9 Å². The summed E-state index contributed by atoms with van der Waals surface area (Å²) in [6, 6.07) is 19.4. The first-order chi connectivity index (χ1) is 22.2. The number of benzene rings is 3. The number of nitrogens with one attached hydrogen (secondary N) is 2. The summed E-state index contributed by atoms with van der Waals surface area (Å²) in [5.74, 6) is -1.49. The molecule has 1 saturated heterocycles. The first kappa shape index (κ1) is 34.9. The molecule has 2 unspecified atom stereocenters. The highest BCUT2D eigenvalue weighted by atomic mass is 32.2. The number of nitro benzene ring substituents is 1. The van der Waals surface area contributed by atoms with Gasteiger partial charge in [-0.1, -0.05) is 49.4 Å². The Morgan fingerprint density at radius 1 is 1.02 bits per heavy atom. The lowest BCUT2D eigenvalue weighted by molar-refractivity contribution is -0.384. The van der Waals surface area contributed by atoms with Crippen LogP contribution >= 0.6 is 0 Å². The third-order valence-corrected chi connectivity index (χ3v) is 7.45. The number of carbonyl (C=O) groups excluding carboxylic acids is 4. The molecule has 15 heteroatoms. The summed E-state index contributed by atoms with van der Waals surface area (Å²) in [7, 11) is -3.67. The van der Waals surface area contributed by atoms with Gasteiger partial charge in [0.15, 0.2) is 0 Å².